The Bertz CT molecular complexity index is 1040. The SMILES string of the molecule is C#C.CCC(C)N(CC)CC.CCCCN(C=O)C[CH2][Hg].CCCc1cccc2c1OCO2.COc1c2c(cp1C)OCO2. The molecule has 245 valence electrons. The average molecular weight is 820 g/mol. The summed E-state index contributed by atoms with van der Waals surface area (Å²) in [5.74, 6) is 5.56. The maximum Gasteiger partial charge on any atom is 0.231 e. The van der Waals surface area contributed by atoms with E-state index in [1.165, 1.54) is 35.4 Å². The van der Waals surface area contributed by atoms with Crippen molar-refractivity contribution in [1.29, 1.82) is 0 Å². The number of unbranched alkanes of at least 4 members (excludes halogenated alkanes) is 1. The summed E-state index contributed by atoms with van der Waals surface area (Å²) in [5, 5.41) is 0. The van der Waals surface area contributed by atoms with Crippen LogP contribution in [0.5, 0.6) is 28.5 Å². The smallest absolute Gasteiger partial charge is 0.231 e. The molecular formula is C34H56HgN2O6P. The molecule has 0 aliphatic carbocycles. The van der Waals surface area contributed by atoms with Crippen molar-refractivity contribution in [3.05, 3.63) is 29.6 Å². The van der Waals surface area contributed by atoms with Crippen LogP contribution in [-0.2, 0) is 44.0 Å². The van der Waals surface area contributed by atoms with Gasteiger partial charge in [-0.1, -0.05) is 53.8 Å². The van der Waals surface area contributed by atoms with Gasteiger partial charge < -0.3 is 28.6 Å². The third-order valence-electron chi connectivity index (χ3n) is 7.08. The fourth-order valence-corrected chi connectivity index (χ4v) is 7.55. The zero-order valence-corrected chi connectivity index (χ0v) is 35.0. The van der Waals surface area contributed by atoms with Gasteiger partial charge in [-0.15, -0.1) is 12.8 Å². The first-order valence-corrected chi connectivity index (χ1v) is 21.5. The van der Waals surface area contributed by atoms with E-state index in [9.17, 15) is 4.79 Å². The molecule has 0 saturated carbocycles. The molecular weight excluding hydrogens is 764 g/mol. The minimum atomic E-state index is -0.316. The predicted molar refractivity (Wildman–Crippen MR) is 179 cm³/mol. The van der Waals surface area contributed by atoms with Crippen molar-refractivity contribution < 1.29 is 54.6 Å². The fraction of sp³-hybridized carbons (Fsp3) is 0.618. The van der Waals surface area contributed by atoms with Crippen molar-refractivity contribution >= 4 is 13.9 Å². The Morgan fingerprint density at radius 3 is 2.11 bits per heavy atom. The van der Waals surface area contributed by atoms with E-state index < -0.39 is 0 Å². The van der Waals surface area contributed by atoms with Gasteiger partial charge in [-0.2, -0.15) is 0 Å². The van der Waals surface area contributed by atoms with Gasteiger partial charge in [-0.25, -0.2) is 0 Å². The number of hydrogen-bond donors (Lipinski definition) is 0. The number of ether oxygens (including phenoxy) is 5. The summed E-state index contributed by atoms with van der Waals surface area (Å²) in [5.41, 5.74) is 2.19. The van der Waals surface area contributed by atoms with E-state index in [0.29, 0.717) is 13.6 Å². The first kappa shape index (κ1) is 41.9. The zero-order valence-electron chi connectivity index (χ0n) is 28.6. The average Bonchev–Trinajstić information content (AvgIpc) is 3.79. The van der Waals surface area contributed by atoms with Crippen LogP contribution in [0.1, 0.15) is 72.8 Å². The maximum atomic E-state index is 10.3. The molecule has 3 heterocycles. The van der Waals surface area contributed by atoms with E-state index in [2.05, 4.69) is 77.8 Å². The van der Waals surface area contributed by atoms with Gasteiger partial charge in [-0.05, 0) is 51.1 Å². The molecule has 0 bridgehead atoms. The number of carbonyl (C=O) groups excluding carboxylic acids is 1. The summed E-state index contributed by atoms with van der Waals surface area (Å²) in [6, 6.07) is 6.82. The number of amides is 1. The van der Waals surface area contributed by atoms with Crippen LogP contribution in [0.2, 0.25) is 3.93 Å². The molecule has 44 heavy (non-hydrogen) atoms. The standard InChI is InChI=1S/C10H12O2.C8H19N.C7H14NO.C7H9O3P.C2H2.Hg/c1-2-4-8-5-3-6-9-10(8)12-7-11-9;1-5-8(4)9(6-2)7-3;1-3-5-6-8(4-2)7-9;1-8-7-6-5(3-11(7)2)9-4-10-6;1-2;/h3,5-6H,2,4,7H2,1H3;8H,5-7H2,1-4H3;7H,2-6H2,1H3;3H,4H2,1-2H3;1-2H;. The van der Waals surface area contributed by atoms with Crippen LogP contribution < -0.4 is 23.7 Å². The minimum Gasteiger partial charge on any atom is -0.489 e. The molecule has 4 rings (SSSR count). The van der Waals surface area contributed by atoms with Crippen molar-refractivity contribution in [2.24, 2.45) is 6.66 Å². The van der Waals surface area contributed by atoms with Crippen molar-refractivity contribution in [3.63, 3.8) is 0 Å². The molecule has 2 unspecified atom stereocenters. The molecule has 1 aromatic heterocycles. The summed E-state index contributed by atoms with van der Waals surface area (Å²) in [6.07, 6.45) is 14.8. The second-order valence-electron chi connectivity index (χ2n) is 10.1. The van der Waals surface area contributed by atoms with Gasteiger partial charge in [0.2, 0.25) is 19.3 Å². The summed E-state index contributed by atoms with van der Waals surface area (Å²) >= 11 is 0.845. The molecule has 2 aromatic rings. The summed E-state index contributed by atoms with van der Waals surface area (Å²) in [4.78, 5) is 14.7. The van der Waals surface area contributed by atoms with Crippen molar-refractivity contribution in [2.45, 2.75) is 83.6 Å². The Kier molecular flexibility index (Phi) is 24.9. The van der Waals surface area contributed by atoms with Gasteiger partial charge in [0, 0.05) is 11.8 Å². The van der Waals surface area contributed by atoms with Gasteiger partial charge in [0.1, 0.15) is 0 Å². The Labute approximate surface area is 285 Å². The Morgan fingerprint density at radius 1 is 0.977 bits per heavy atom. The van der Waals surface area contributed by atoms with Crippen LogP contribution >= 0.6 is 7.53 Å². The zero-order chi connectivity index (χ0) is 33.3. The fourth-order valence-electron chi connectivity index (χ4n) is 4.53. The van der Waals surface area contributed by atoms with E-state index in [1.807, 2.05) is 17.0 Å². The third-order valence-corrected chi connectivity index (χ3v) is 9.96. The topological polar surface area (TPSA) is 69.7 Å². The number of rotatable bonds is 13. The quantitative estimate of drug-likeness (QED) is 0.116. The van der Waals surface area contributed by atoms with Crippen molar-refractivity contribution in [1.82, 2.24) is 9.80 Å². The number of hydrogen-bond acceptors (Lipinski definition) is 7. The molecule has 2 aliphatic rings. The van der Waals surface area contributed by atoms with Crippen LogP contribution in [0.25, 0.3) is 0 Å². The van der Waals surface area contributed by atoms with Crippen molar-refractivity contribution in [3.8, 4) is 41.3 Å². The van der Waals surface area contributed by atoms with Gasteiger partial charge >= 0.3 is 79.0 Å². The van der Waals surface area contributed by atoms with E-state index >= 15 is 0 Å². The van der Waals surface area contributed by atoms with Gasteiger partial charge in [-0.3, -0.25) is 0 Å². The van der Waals surface area contributed by atoms with Crippen LogP contribution in [-0.4, -0.2) is 69.1 Å². The predicted octanol–water partition coefficient (Wildman–Crippen LogP) is 7.90. The van der Waals surface area contributed by atoms with Gasteiger partial charge in [0.15, 0.2) is 22.7 Å². The number of methoxy groups -OCH3 is 1. The summed E-state index contributed by atoms with van der Waals surface area (Å²) < 4.78 is 27.5. The first-order chi connectivity index (χ1) is 21.3. The largest absolute Gasteiger partial charge is 0.489 e. The Hall–Kier alpha value is -2.07. The number of terminal acetylenes is 1. The number of nitrogens with zero attached hydrogens (tertiary/aromatic N) is 2. The molecule has 1 amide bonds. The van der Waals surface area contributed by atoms with Crippen LogP contribution in [0, 0.1) is 12.8 Å². The van der Waals surface area contributed by atoms with Crippen LogP contribution in [0.3, 0.4) is 0 Å². The molecule has 0 radical (unpaired) electrons. The maximum absolute atomic E-state index is 10.3. The van der Waals surface area contributed by atoms with E-state index in [0.717, 1.165) is 99.4 Å². The summed E-state index contributed by atoms with van der Waals surface area (Å²) in [7, 11) is 1.35. The number of para-hydroxylation sites is 1. The Balaban J connectivity index is 0.000000553. The normalized spacial score (nSPS) is 12.6. The molecule has 10 heteroatoms. The van der Waals surface area contributed by atoms with Crippen LogP contribution in [0.4, 0.5) is 0 Å². The number of fused-ring (bicyclic) bond motifs is 2. The summed E-state index contributed by atoms with van der Waals surface area (Å²) in [6.45, 7) is 20.4. The van der Waals surface area contributed by atoms with E-state index in [4.69, 9.17) is 23.7 Å². The van der Waals surface area contributed by atoms with Crippen molar-refractivity contribution in [2.75, 3.05) is 46.9 Å². The molecule has 2 atom stereocenters. The van der Waals surface area contributed by atoms with Gasteiger partial charge in [0.05, 0.1) is 7.11 Å². The molecule has 0 fully saturated rings. The molecule has 0 saturated heterocycles. The second kappa shape index (κ2) is 26.2. The van der Waals surface area contributed by atoms with Gasteiger partial charge in [0.25, 0.3) is 0 Å². The van der Waals surface area contributed by atoms with Crippen LogP contribution in [0.15, 0.2) is 24.0 Å². The number of carbonyl (C=O) groups is 1. The monoisotopic (exact) mass is 821 g/mol. The molecule has 1 aromatic carbocycles. The third kappa shape index (κ3) is 14.8. The molecule has 0 spiro atoms. The minimum absolute atomic E-state index is 0.316. The second-order valence-corrected chi connectivity index (χ2v) is 14.7. The number of benzene rings is 1. The number of aryl methyl sites for hydroxylation is 2. The first-order valence-electron chi connectivity index (χ1n) is 15.8. The molecule has 2 aliphatic heterocycles. The molecule has 8 nitrogen and oxygen atoms in total. The van der Waals surface area contributed by atoms with E-state index in [1.54, 1.807) is 7.11 Å². The molecule has 0 N–H and O–H groups in total. The van der Waals surface area contributed by atoms with E-state index in [-0.39, 0.29) is 7.53 Å². The Morgan fingerprint density at radius 2 is 1.61 bits per heavy atom.